The van der Waals surface area contributed by atoms with E-state index in [1.807, 2.05) is 12.1 Å². The third kappa shape index (κ3) is 19.2. The molecule has 0 saturated carbocycles. The summed E-state index contributed by atoms with van der Waals surface area (Å²) >= 11 is 2.25. The standard InChI is InChI=1S/C45H51N3O19S3/c1-26(49)59-23-41-42(61-27(2)50)43(62-28(3)51)44(63-29(4)52)45(65-41)64-39-16-12-34(37(55)8-7-18-58-19-17-47-48-46)21-40(39)67-70(56,57)66-36-13-9-32(10-14-36)22-60-38-15-11-33(24-68-30(5)53)20-35(38)25-69-31(6)54/h9-16,20-21,41-45H,7-8,17-19,22-25H2,1-6H3/t41-,42+,43+,44-,45?/m0/s1. The molecular formula is C45H51N3O19S3. The van der Waals surface area contributed by atoms with E-state index in [0.717, 1.165) is 74.5 Å². The predicted octanol–water partition coefficient (Wildman–Crippen LogP) is 6.28. The summed E-state index contributed by atoms with van der Waals surface area (Å²) in [7, 11) is -5.08. The van der Waals surface area contributed by atoms with Crippen molar-refractivity contribution in [3.8, 4) is 23.0 Å². The Morgan fingerprint density at radius 3 is 1.97 bits per heavy atom. The van der Waals surface area contributed by atoms with Crippen molar-refractivity contribution in [1.82, 2.24) is 0 Å². The highest BCUT2D eigenvalue weighted by atomic mass is 32.3. The Balaban J connectivity index is 1.63. The highest BCUT2D eigenvalue weighted by Crippen LogP contribution is 2.37. The fourth-order valence-electron chi connectivity index (χ4n) is 6.37. The molecule has 0 N–H and O–H groups in total. The van der Waals surface area contributed by atoms with Gasteiger partial charge >= 0.3 is 34.3 Å². The van der Waals surface area contributed by atoms with E-state index in [2.05, 4.69) is 10.0 Å². The lowest BCUT2D eigenvalue weighted by atomic mass is 9.98. The number of esters is 4. The van der Waals surface area contributed by atoms with Gasteiger partial charge in [0.15, 0.2) is 39.7 Å². The van der Waals surface area contributed by atoms with Gasteiger partial charge in [-0.25, -0.2) is 0 Å². The first-order valence-corrected chi connectivity index (χ1v) is 24.5. The van der Waals surface area contributed by atoms with E-state index in [0.29, 0.717) is 22.8 Å². The van der Waals surface area contributed by atoms with Crippen LogP contribution in [0.15, 0.2) is 65.8 Å². The van der Waals surface area contributed by atoms with Crippen molar-refractivity contribution < 1.29 is 88.2 Å². The molecule has 5 atom stereocenters. The Hall–Kier alpha value is -6.37. The zero-order valence-corrected chi connectivity index (χ0v) is 41.3. The summed E-state index contributed by atoms with van der Waals surface area (Å²) in [5.41, 5.74) is 10.6. The molecule has 0 bridgehead atoms. The largest absolute Gasteiger partial charge is 0.501 e. The molecule has 25 heteroatoms. The number of hydrogen-bond donors (Lipinski definition) is 0. The van der Waals surface area contributed by atoms with Gasteiger partial charge in [0.25, 0.3) is 0 Å². The molecule has 22 nitrogen and oxygen atoms in total. The Bertz CT molecular complexity index is 2520. The van der Waals surface area contributed by atoms with Gasteiger partial charge in [0.05, 0.1) is 6.61 Å². The maximum atomic E-state index is 13.6. The highest BCUT2D eigenvalue weighted by Gasteiger charge is 2.53. The number of carbonyl (C=O) groups is 7. The molecule has 3 aromatic rings. The Morgan fingerprint density at radius 1 is 0.700 bits per heavy atom. The van der Waals surface area contributed by atoms with Crippen LogP contribution < -0.4 is 17.8 Å². The molecule has 1 heterocycles. The monoisotopic (exact) mass is 1030 g/mol. The number of benzene rings is 3. The predicted molar refractivity (Wildman–Crippen MR) is 249 cm³/mol. The van der Waals surface area contributed by atoms with E-state index in [9.17, 15) is 42.0 Å². The van der Waals surface area contributed by atoms with E-state index in [4.69, 9.17) is 51.8 Å². The number of carbonyl (C=O) groups excluding carboxylic acids is 7. The van der Waals surface area contributed by atoms with Gasteiger partial charge in [-0.05, 0) is 59.5 Å². The van der Waals surface area contributed by atoms with E-state index in [1.54, 1.807) is 6.07 Å². The number of azide groups is 1. The van der Waals surface area contributed by atoms with Crippen molar-refractivity contribution in [3.63, 3.8) is 0 Å². The normalized spacial score (nSPS) is 17.4. The fraction of sp³-hybridized carbons (Fsp3) is 0.444. The first-order chi connectivity index (χ1) is 33.2. The first kappa shape index (κ1) is 56.2. The highest BCUT2D eigenvalue weighted by molar-refractivity contribution is 8.13. The van der Waals surface area contributed by atoms with Crippen molar-refractivity contribution in [2.45, 2.75) is 103 Å². The third-order valence-electron chi connectivity index (χ3n) is 9.25. The minimum absolute atomic E-state index is 0.0332. The maximum absolute atomic E-state index is 13.6. The molecule has 1 aliphatic heterocycles. The molecule has 4 rings (SSSR count). The van der Waals surface area contributed by atoms with Crippen LogP contribution in [0, 0.1) is 0 Å². The summed E-state index contributed by atoms with van der Waals surface area (Å²) < 4.78 is 83.0. The number of nitrogens with zero attached hydrogens (tertiary/aromatic N) is 3. The molecule has 1 unspecified atom stereocenters. The number of ether oxygens (including phenoxy) is 8. The van der Waals surface area contributed by atoms with Gasteiger partial charge < -0.3 is 46.3 Å². The van der Waals surface area contributed by atoms with E-state index in [-0.39, 0.29) is 60.8 Å². The van der Waals surface area contributed by atoms with Crippen LogP contribution in [0.2, 0.25) is 0 Å². The average molecular weight is 1030 g/mol. The Morgan fingerprint density at radius 2 is 1.33 bits per heavy atom. The molecule has 0 amide bonds. The molecule has 0 spiro atoms. The maximum Gasteiger partial charge on any atom is 0.501 e. The number of hydrogen-bond acceptors (Lipinski definition) is 22. The zero-order valence-electron chi connectivity index (χ0n) is 38.8. The second kappa shape index (κ2) is 27.7. The second-order valence-electron chi connectivity index (χ2n) is 15.0. The van der Waals surface area contributed by atoms with Gasteiger partial charge in [-0.1, -0.05) is 52.9 Å². The number of ketones is 1. The topological polar surface area (TPSA) is 295 Å². The Labute approximate surface area is 411 Å². The SMILES string of the molecule is CC(=O)OC[C@@H]1OC(Oc2ccc(C(=O)CCCOCCN=[N+]=[N-])cc2OS(=O)(=O)Oc2ccc(COc3ccc(CSC(C)=O)cc3CSC(C)=O)cc2)[C@@H](OC(C)=O)[C@H](OC(C)=O)[C@@H]1OC(C)=O. The minimum Gasteiger partial charge on any atom is -0.489 e. The average Bonchev–Trinajstić information content (AvgIpc) is 3.28. The van der Waals surface area contributed by atoms with E-state index < -0.39 is 88.9 Å². The smallest absolute Gasteiger partial charge is 0.489 e. The van der Waals surface area contributed by atoms with Gasteiger partial charge in [0.2, 0.25) is 12.4 Å². The second-order valence-corrected chi connectivity index (χ2v) is 18.4. The molecule has 3 aromatic carbocycles. The molecule has 1 aliphatic rings. The van der Waals surface area contributed by atoms with Crippen LogP contribution in [0.4, 0.5) is 0 Å². The minimum atomic E-state index is -5.08. The zero-order chi connectivity index (χ0) is 51.4. The Kier molecular flexibility index (Phi) is 22.3. The van der Waals surface area contributed by atoms with Crippen LogP contribution in [0.1, 0.15) is 81.4 Å². The van der Waals surface area contributed by atoms with Crippen LogP contribution in [-0.2, 0) is 85.7 Å². The van der Waals surface area contributed by atoms with Gasteiger partial charge in [0, 0.05) is 88.7 Å². The number of Topliss-reactive ketones (excluding diaryl/α,β-unsaturated/α-hetero) is 1. The van der Waals surface area contributed by atoms with Crippen LogP contribution in [0.5, 0.6) is 23.0 Å². The quantitative estimate of drug-likeness (QED) is 0.0162. The molecule has 0 radical (unpaired) electrons. The van der Waals surface area contributed by atoms with Crippen molar-refractivity contribution in [2.75, 3.05) is 26.4 Å². The lowest BCUT2D eigenvalue weighted by molar-refractivity contribution is -0.288. The molecule has 0 aromatic heterocycles. The lowest BCUT2D eigenvalue weighted by Gasteiger charge is -2.43. The summed E-state index contributed by atoms with van der Waals surface area (Å²) in [6.07, 6.45) is -7.98. The third-order valence-corrected chi connectivity index (χ3v) is 11.8. The fourth-order valence-corrected chi connectivity index (χ4v) is 8.24. The van der Waals surface area contributed by atoms with Crippen LogP contribution in [0.3, 0.4) is 0 Å². The lowest BCUT2D eigenvalue weighted by Crippen LogP contribution is -2.63. The summed E-state index contributed by atoms with van der Waals surface area (Å²) in [6, 6.07) is 14.6. The summed E-state index contributed by atoms with van der Waals surface area (Å²) in [4.78, 5) is 88.2. The summed E-state index contributed by atoms with van der Waals surface area (Å²) in [6.45, 7) is 6.89. The summed E-state index contributed by atoms with van der Waals surface area (Å²) in [5, 5.41) is 3.24. The number of rotatable bonds is 26. The van der Waals surface area contributed by atoms with Crippen LogP contribution in [0.25, 0.3) is 10.4 Å². The van der Waals surface area contributed by atoms with Crippen molar-refractivity contribution in [3.05, 3.63) is 93.4 Å². The van der Waals surface area contributed by atoms with Gasteiger partial charge in [-0.2, -0.15) is 0 Å². The van der Waals surface area contributed by atoms with E-state index >= 15 is 0 Å². The molecular weight excluding hydrogens is 983 g/mol. The van der Waals surface area contributed by atoms with Crippen molar-refractivity contribution >= 4 is 73.8 Å². The molecule has 1 saturated heterocycles. The van der Waals surface area contributed by atoms with Gasteiger partial charge in [-0.15, -0.1) is 8.42 Å². The van der Waals surface area contributed by atoms with Gasteiger partial charge in [-0.3, -0.25) is 33.6 Å². The summed E-state index contributed by atoms with van der Waals surface area (Å²) in [5.74, 6) is -3.96. The van der Waals surface area contributed by atoms with Gasteiger partial charge in [0.1, 0.15) is 30.8 Å². The van der Waals surface area contributed by atoms with E-state index in [1.165, 1.54) is 44.2 Å². The number of thioether (sulfide) groups is 2. The molecule has 378 valence electrons. The van der Waals surface area contributed by atoms with Crippen molar-refractivity contribution in [1.29, 1.82) is 0 Å². The van der Waals surface area contributed by atoms with Crippen molar-refractivity contribution in [2.24, 2.45) is 5.11 Å². The van der Waals surface area contributed by atoms with Crippen LogP contribution in [-0.4, -0.2) is 105 Å². The first-order valence-electron chi connectivity index (χ1n) is 21.2. The molecule has 1 fully saturated rings. The molecule has 70 heavy (non-hydrogen) atoms. The molecule has 0 aliphatic carbocycles. The van der Waals surface area contributed by atoms with Crippen LogP contribution >= 0.6 is 23.5 Å².